The highest BCUT2D eigenvalue weighted by atomic mass is 127. The monoisotopic (exact) mass is 332 g/mol. The fraction of sp³-hybridized carbons (Fsp3) is 0.0909. The van der Waals surface area contributed by atoms with Crippen molar-refractivity contribution in [3.05, 3.63) is 45.7 Å². The second kappa shape index (κ2) is 4.73. The van der Waals surface area contributed by atoms with E-state index in [0.717, 1.165) is 5.56 Å². The third-order valence-electron chi connectivity index (χ3n) is 2.16. The normalized spacial score (nSPS) is 10.4. The summed E-state index contributed by atoms with van der Waals surface area (Å²) in [5, 5.41) is 3.06. The van der Waals surface area contributed by atoms with Crippen molar-refractivity contribution >= 4 is 34.0 Å². The highest BCUT2D eigenvalue weighted by molar-refractivity contribution is 14.1. The number of furan rings is 1. The summed E-state index contributed by atoms with van der Waals surface area (Å²) < 4.78 is 18.8. The fourth-order valence-corrected chi connectivity index (χ4v) is 1.80. The van der Waals surface area contributed by atoms with Crippen molar-refractivity contribution in [1.29, 1.82) is 0 Å². The molecule has 0 spiro atoms. The summed E-state index contributed by atoms with van der Waals surface area (Å²) in [6.07, 6.45) is 3.22. The minimum atomic E-state index is -0.274. The number of nitrogen functional groups attached to an aromatic ring is 1. The summed E-state index contributed by atoms with van der Waals surface area (Å²) in [4.78, 5) is 0. The van der Waals surface area contributed by atoms with Crippen molar-refractivity contribution in [3.63, 3.8) is 0 Å². The predicted molar refractivity (Wildman–Crippen MR) is 69.6 cm³/mol. The van der Waals surface area contributed by atoms with Gasteiger partial charge >= 0.3 is 0 Å². The Labute approximate surface area is 106 Å². The average molecular weight is 332 g/mol. The molecule has 0 bridgehead atoms. The molecule has 3 N–H and O–H groups in total. The molecule has 0 aliphatic rings. The van der Waals surface area contributed by atoms with Gasteiger partial charge in [0.05, 0.1) is 27.5 Å². The van der Waals surface area contributed by atoms with Gasteiger partial charge in [-0.2, -0.15) is 0 Å². The first-order valence-electron chi connectivity index (χ1n) is 4.66. The quantitative estimate of drug-likeness (QED) is 0.670. The van der Waals surface area contributed by atoms with Gasteiger partial charge in [-0.15, -0.1) is 0 Å². The average Bonchev–Trinajstić information content (AvgIpc) is 2.74. The van der Waals surface area contributed by atoms with E-state index in [1.54, 1.807) is 18.6 Å². The van der Waals surface area contributed by atoms with Crippen molar-refractivity contribution in [2.24, 2.45) is 0 Å². The van der Waals surface area contributed by atoms with Crippen molar-refractivity contribution in [2.75, 3.05) is 11.1 Å². The number of nitrogens with two attached hydrogens (primary N) is 1. The van der Waals surface area contributed by atoms with Gasteiger partial charge in [-0.3, -0.25) is 0 Å². The van der Waals surface area contributed by atoms with Crippen molar-refractivity contribution < 1.29 is 8.81 Å². The Morgan fingerprint density at radius 2 is 2.25 bits per heavy atom. The third kappa shape index (κ3) is 2.46. The van der Waals surface area contributed by atoms with Gasteiger partial charge in [-0.1, -0.05) is 0 Å². The molecule has 2 rings (SSSR count). The van der Waals surface area contributed by atoms with Crippen LogP contribution in [0.4, 0.5) is 15.8 Å². The van der Waals surface area contributed by atoms with Gasteiger partial charge in [-0.05, 0) is 34.7 Å². The molecule has 0 unspecified atom stereocenters. The lowest BCUT2D eigenvalue weighted by Gasteiger charge is -2.09. The third-order valence-corrected chi connectivity index (χ3v) is 2.98. The van der Waals surface area contributed by atoms with Gasteiger partial charge in [0.2, 0.25) is 0 Å². The smallest absolute Gasteiger partial charge is 0.138 e. The highest BCUT2D eigenvalue weighted by Crippen LogP contribution is 2.24. The van der Waals surface area contributed by atoms with Crippen LogP contribution in [0.2, 0.25) is 0 Å². The Balaban J connectivity index is 2.12. The topological polar surface area (TPSA) is 51.2 Å². The Hall–Kier alpha value is -1.24. The molecule has 0 atom stereocenters. The van der Waals surface area contributed by atoms with E-state index < -0.39 is 0 Å². The van der Waals surface area contributed by atoms with E-state index in [2.05, 4.69) is 5.32 Å². The summed E-state index contributed by atoms with van der Waals surface area (Å²) in [7, 11) is 0. The van der Waals surface area contributed by atoms with Crippen LogP contribution >= 0.6 is 22.6 Å². The number of hydrogen-bond donors (Lipinski definition) is 2. The van der Waals surface area contributed by atoms with E-state index in [0.29, 0.717) is 21.5 Å². The molecule has 84 valence electrons. The molecule has 0 saturated heterocycles. The maximum absolute atomic E-state index is 13.3. The molecule has 3 nitrogen and oxygen atoms in total. The lowest BCUT2D eigenvalue weighted by Crippen LogP contribution is -2.03. The second-order valence-electron chi connectivity index (χ2n) is 3.34. The fourth-order valence-electron chi connectivity index (χ4n) is 1.31. The van der Waals surface area contributed by atoms with Gasteiger partial charge in [-0.25, -0.2) is 4.39 Å². The largest absolute Gasteiger partial charge is 0.472 e. The number of hydrogen-bond acceptors (Lipinski definition) is 3. The second-order valence-corrected chi connectivity index (χ2v) is 4.50. The minimum Gasteiger partial charge on any atom is -0.472 e. The molecule has 1 heterocycles. The van der Waals surface area contributed by atoms with E-state index in [4.69, 9.17) is 10.2 Å². The van der Waals surface area contributed by atoms with Crippen LogP contribution in [-0.4, -0.2) is 0 Å². The van der Waals surface area contributed by atoms with Crippen molar-refractivity contribution in [2.45, 2.75) is 6.54 Å². The van der Waals surface area contributed by atoms with Crippen LogP contribution < -0.4 is 11.1 Å². The molecule has 2 aromatic rings. The molecular formula is C11H10FIN2O. The van der Waals surface area contributed by atoms with Crippen LogP contribution in [0, 0.1) is 9.39 Å². The van der Waals surface area contributed by atoms with E-state index in [1.807, 2.05) is 28.7 Å². The molecular weight excluding hydrogens is 322 g/mol. The van der Waals surface area contributed by atoms with Crippen LogP contribution in [-0.2, 0) is 6.54 Å². The molecule has 0 aliphatic heterocycles. The van der Waals surface area contributed by atoms with E-state index in [1.165, 1.54) is 6.07 Å². The maximum atomic E-state index is 13.3. The van der Waals surface area contributed by atoms with Crippen molar-refractivity contribution in [1.82, 2.24) is 0 Å². The first-order valence-corrected chi connectivity index (χ1v) is 5.74. The van der Waals surface area contributed by atoms with E-state index >= 15 is 0 Å². The van der Waals surface area contributed by atoms with Crippen LogP contribution in [0.5, 0.6) is 0 Å². The SMILES string of the molecule is Nc1cc(I)c(F)cc1NCc1ccoc1. The number of halogens is 2. The Bertz CT molecular complexity index is 485. The Morgan fingerprint density at radius 1 is 1.44 bits per heavy atom. The van der Waals surface area contributed by atoms with E-state index in [9.17, 15) is 4.39 Å². The molecule has 0 amide bonds. The lowest BCUT2D eigenvalue weighted by molar-refractivity contribution is 0.564. The van der Waals surface area contributed by atoms with Crippen LogP contribution in [0.25, 0.3) is 0 Å². The van der Waals surface area contributed by atoms with Crippen molar-refractivity contribution in [3.8, 4) is 0 Å². The summed E-state index contributed by atoms with van der Waals surface area (Å²) in [6.45, 7) is 0.556. The molecule has 1 aromatic heterocycles. The number of anilines is 2. The first kappa shape index (κ1) is 11.3. The summed E-state index contributed by atoms with van der Waals surface area (Å²) in [5.41, 5.74) is 7.89. The zero-order valence-corrected chi connectivity index (χ0v) is 10.5. The lowest BCUT2D eigenvalue weighted by atomic mass is 10.2. The molecule has 16 heavy (non-hydrogen) atoms. The summed E-state index contributed by atoms with van der Waals surface area (Å²) >= 11 is 1.91. The molecule has 0 aliphatic carbocycles. The van der Waals surface area contributed by atoms with Crippen LogP contribution in [0.15, 0.2) is 35.1 Å². The minimum absolute atomic E-state index is 0.274. The number of rotatable bonds is 3. The summed E-state index contributed by atoms with van der Waals surface area (Å²) in [6, 6.07) is 4.84. The van der Waals surface area contributed by atoms with Gasteiger partial charge in [0.15, 0.2) is 0 Å². The standard InChI is InChI=1S/C11H10FIN2O/c12-8-3-11(10(14)4-9(8)13)15-5-7-1-2-16-6-7/h1-4,6,15H,5,14H2. The van der Waals surface area contributed by atoms with Gasteiger partial charge in [0.1, 0.15) is 5.82 Å². The first-order chi connectivity index (χ1) is 7.66. The molecule has 0 radical (unpaired) electrons. The van der Waals surface area contributed by atoms with E-state index in [-0.39, 0.29) is 5.82 Å². The predicted octanol–water partition coefficient (Wildman–Crippen LogP) is 3.22. The summed E-state index contributed by atoms with van der Waals surface area (Å²) in [5.74, 6) is -0.274. The van der Waals surface area contributed by atoms with Gasteiger partial charge < -0.3 is 15.5 Å². The van der Waals surface area contributed by atoms with Gasteiger partial charge in [0, 0.05) is 18.2 Å². The molecule has 0 fully saturated rings. The zero-order chi connectivity index (χ0) is 11.5. The Kier molecular flexibility index (Phi) is 3.33. The molecule has 0 saturated carbocycles. The number of benzene rings is 1. The van der Waals surface area contributed by atoms with Crippen LogP contribution in [0.1, 0.15) is 5.56 Å². The molecule has 1 aromatic carbocycles. The Morgan fingerprint density at radius 3 is 2.94 bits per heavy atom. The zero-order valence-electron chi connectivity index (χ0n) is 8.34. The maximum Gasteiger partial charge on any atom is 0.138 e. The van der Waals surface area contributed by atoms with Gasteiger partial charge in [0.25, 0.3) is 0 Å². The number of nitrogens with one attached hydrogen (secondary N) is 1. The van der Waals surface area contributed by atoms with Crippen LogP contribution in [0.3, 0.4) is 0 Å². The molecule has 5 heteroatoms. The highest BCUT2D eigenvalue weighted by Gasteiger charge is 2.05.